The zero-order chi connectivity index (χ0) is 12.7. The van der Waals surface area contributed by atoms with E-state index in [4.69, 9.17) is 4.74 Å². The van der Waals surface area contributed by atoms with Gasteiger partial charge in [-0.3, -0.25) is 0 Å². The monoisotopic (exact) mass is 234 g/mol. The lowest BCUT2D eigenvalue weighted by molar-refractivity contribution is -0.461. The molecule has 1 aromatic carbocycles. The first-order chi connectivity index (χ1) is 8.12. The molecule has 3 nitrogen and oxygen atoms in total. The molecule has 0 saturated heterocycles. The molecule has 0 amide bonds. The van der Waals surface area contributed by atoms with Crippen molar-refractivity contribution in [1.82, 2.24) is 0 Å². The minimum atomic E-state index is -0.765. The summed E-state index contributed by atoms with van der Waals surface area (Å²) in [6, 6.07) is 9.83. The molecule has 0 saturated carbocycles. The Kier molecular flexibility index (Phi) is 4.91. The van der Waals surface area contributed by atoms with Gasteiger partial charge in [0.05, 0.1) is 6.61 Å². The molecule has 3 N–H and O–H groups in total. The second-order valence-corrected chi connectivity index (χ2v) is 4.16. The fraction of sp³-hybridized carbons (Fsp3) is 0.357. The molecule has 0 aliphatic heterocycles. The molecule has 0 fully saturated rings. The first-order valence-corrected chi connectivity index (χ1v) is 5.80. The van der Waals surface area contributed by atoms with Crippen molar-refractivity contribution in [2.45, 2.75) is 25.3 Å². The largest absolute Gasteiger partial charge is 0.461 e. The quantitative estimate of drug-likeness (QED) is 0.596. The van der Waals surface area contributed by atoms with E-state index in [9.17, 15) is 4.79 Å². The predicted octanol–water partition coefficient (Wildman–Crippen LogP) is 1.35. The molecule has 0 aliphatic carbocycles. The van der Waals surface area contributed by atoms with Gasteiger partial charge in [-0.15, -0.1) is 6.58 Å². The van der Waals surface area contributed by atoms with Gasteiger partial charge >= 0.3 is 5.97 Å². The molecule has 0 spiro atoms. The molecule has 1 atom stereocenters. The maximum Gasteiger partial charge on any atom is 0.368 e. The van der Waals surface area contributed by atoms with E-state index in [2.05, 4.69) is 12.3 Å². The number of carbonyl (C=O) groups excluding carboxylic acids is 1. The zero-order valence-electron chi connectivity index (χ0n) is 10.3. The summed E-state index contributed by atoms with van der Waals surface area (Å²) < 4.78 is 5.08. The van der Waals surface area contributed by atoms with Crippen LogP contribution in [0.15, 0.2) is 43.0 Å². The Bertz CT molecular complexity index is 375. The molecule has 1 aromatic rings. The van der Waals surface area contributed by atoms with E-state index in [1.165, 1.54) is 0 Å². The van der Waals surface area contributed by atoms with Crippen molar-refractivity contribution in [2.24, 2.45) is 0 Å². The van der Waals surface area contributed by atoms with Gasteiger partial charge in [0.25, 0.3) is 0 Å². The van der Waals surface area contributed by atoms with Crippen LogP contribution in [0.25, 0.3) is 0 Å². The van der Waals surface area contributed by atoms with Gasteiger partial charge < -0.3 is 10.5 Å². The summed E-state index contributed by atoms with van der Waals surface area (Å²) in [6.45, 7) is 5.86. The van der Waals surface area contributed by atoms with Gasteiger partial charge in [-0.2, -0.15) is 0 Å². The molecule has 17 heavy (non-hydrogen) atoms. The van der Waals surface area contributed by atoms with E-state index < -0.39 is 5.54 Å². The fourth-order valence-electron chi connectivity index (χ4n) is 1.77. The van der Waals surface area contributed by atoms with E-state index >= 15 is 0 Å². The molecule has 1 rings (SSSR count). The maximum atomic E-state index is 11.9. The lowest BCUT2D eigenvalue weighted by Gasteiger charge is -2.22. The van der Waals surface area contributed by atoms with E-state index in [0.717, 1.165) is 5.56 Å². The molecule has 0 heterocycles. The lowest BCUT2D eigenvalue weighted by Crippen LogP contribution is -2.77. The van der Waals surface area contributed by atoms with Crippen LogP contribution in [0, 0.1) is 0 Å². The standard InChI is InChI=1S/C14H19NO2/c1-3-10-14(15,13(16)17-4-2)11-12-8-6-5-7-9-12/h3,5-9H,1,4,10-11,15H2,2H3/p+1. The van der Waals surface area contributed by atoms with Crippen LogP contribution >= 0.6 is 0 Å². The number of quaternary nitrogens is 1. The second-order valence-electron chi connectivity index (χ2n) is 4.16. The Balaban J connectivity index is 2.84. The van der Waals surface area contributed by atoms with E-state index in [1.54, 1.807) is 13.0 Å². The van der Waals surface area contributed by atoms with Gasteiger partial charge in [0.2, 0.25) is 0 Å². The van der Waals surface area contributed by atoms with E-state index in [1.807, 2.05) is 30.3 Å². The molecule has 0 aromatic heterocycles. The highest BCUT2D eigenvalue weighted by Gasteiger charge is 2.38. The van der Waals surface area contributed by atoms with Crippen LogP contribution in [0.4, 0.5) is 0 Å². The van der Waals surface area contributed by atoms with Gasteiger partial charge in [0, 0.05) is 12.8 Å². The number of rotatable bonds is 6. The summed E-state index contributed by atoms with van der Waals surface area (Å²) in [5.74, 6) is -0.260. The number of carbonyl (C=O) groups is 1. The van der Waals surface area contributed by atoms with Crippen LogP contribution in [-0.2, 0) is 16.0 Å². The summed E-state index contributed by atoms with van der Waals surface area (Å²) in [5, 5.41) is 0. The Labute approximate surface area is 102 Å². The summed E-state index contributed by atoms with van der Waals surface area (Å²) in [5.41, 5.74) is 4.34. The van der Waals surface area contributed by atoms with Crippen LogP contribution in [-0.4, -0.2) is 18.1 Å². The van der Waals surface area contributed by atoms with Crippen molar-refractivity contribution in [1.29, 1.82) is 0 Å². The van der Waals surface area contributed by atoms with Gasteiger partial charge in [-0.1, -0.05) is 36.4 Å². The Morgan fingerprint density at radius 1 is 1.47 bits per heavy atom. The topological polar surface area (TPSA) is 53.9 Å². The summed E-state index contributed by atoms with van der Waals surface area (Å²) in [7, 11) is 0. The third-order valence-corrected chi connectivity index (χ3v) is 2.63. The number of ether oxygens (including phenoxy) is 1. The minimum absolute atomic E-state index is 0.260. The third kappa shape index (κ3) is 3.71. The van der Waals surface area contributed by atoms with Crippen LogP contribution in [0.1, 0.15) is 18.9 Å². The summed E-state index contributed by atoms with van der Waals surface area (Å²) >= 11 is 0. The molecule has 3 heteroatoms. The SMILES string of the molecule is C=CCC([NH3+])(Cc1ccccc1)C(=O)OCC. The highest BCUT2D eigenvalue weighted by molar-refractivity contribution is 5.79. The van der Waals surface area contributed by atoms with Crippen molar-refractivity contribution < 1.29 is 15.3 Å². The van der Waals surface area contributed by atoms with Crippen molar-refractivity contribution in [3.8, 4) is 0 Å². The maximum absolute atomic E-state index is 11.9. The zero-order valence-corrected chi connectivity index (χ0v) is 10.3. The van der Waals surface area contributed by atoms with E-state index in [-0.39, 0.29) is 5.97 Å². The van der Waals surface area contributed by atoms with Gasteiger partial charge in [-0.05, 0) is 12.5 Å². The van der Waals surface area contributed by atoms with Crippen LogP contribution in [0.2, 0.25) is 0 Å². The van der Waals surface area contributed by atoms with Crippen molar-refractivity contribution >= 4 is 5.97 Å². The van der Waals surface area contributed by atoms with Crippen molar-refractivity contribution in [2.75, 3.05) is 6.61 Å². The Morgan fingerprint density at radius 3 is 2.65 bits per heavy atom. The average Bonchev–Trinajstić information content (AvgIpc) is 2.31. The van der Waals surface area contributed by atoms with Gasteiger partial charge in [-0.25, -0.2) is 4.79 Å². The molecular formula is C14H20NO2+. The minimum Gasteiger partial charge on any atom is -0.461 e. The third-order valence-electron chi connectivity index (χ3n) is 2.63. The highest BCUT2D eigenvalue weighted by Crippen LogP contribution is 2.15. The number of esters is 1. The number of hydrogen-bond donors (Lipinski definition) is 1. The van der Waals surface area contributed by atoms with Crippen LogP contribution in [0.3, 0.4) is 0 Å². The fourth-order valence-corrected chi connectivity index (χ4v) is 1.77. The molecule has 0 radical (unpaired) electrons. The van der Waals surface area contributed by atoms with Crippen LogP contribution in [0.5, 0.6) is 0 Å². The molecular weight excluding hydrogens is 214 g/mol. The van der Waals surface area contributed by atoms with Crippen molar-refractivity contribution in [3.05, 3.63) is 48.6 Å². The molecule has 0 bridgehead atoms. The molecule has 1 unspecified atom stereocenters. The Hall–Kier alpha value is -1.61. The van der Waals surface area contributed by atoms with E-state index in [0.29, 0.717) is 19.4 Å². The predicted molar refractivity (Wildman–Crippen MR) is 67.2 cm³/mol. The number of benzene rings is 1. The molecule has 0 aliphatic rings. The Morgan fingerprint density at radius 2 is 2.12 bits per heavy atom. The smallest absolute Gasteiger partial charge is 0.368 e. The first kappa shape index (κ1) is 13.5. The van der Waals surface area contributed by atoms with Gasteiger partial charge in [0.15, 0.2) is 5.54 Å². The first-order valence-electron chi connectivity index (χ1n) is 5.80. The second kappa shape index (κ2) is 6.21. The normalized spacial score (nSPS) is 13.8. The lowest BCUT2D eigenvalue weighted by atomic mass is 9.88. The van der Waals surface area contributed by atoms with Crippen molar-refractivity contribution in [3.63, 3.8) is 0 Å². The van der Waals surface area contributed by atoms with Gasteiger partial charge in [0.1, 0.15) is 0 Å². The summed E-state index contributed by atoms with van der Waals surface area (Å²) in [6.07, 6.45) is 2.80. The summed E-state index contributed by atoms with van der Waals surface area (Å²) in [4.78, 5) is 11.9. The number of hydrogen-bond acceptors (Lipinski definition) is 2. The molecule has 92 valence electrons. The average molecular weight is 234 g/mol. The highest BCUT2D eigenvalue weighted by atomic mass is 16.5. The van der Waals surface area contributed by atoms with Crippen LogP contribution < -0.4 is 5.73 Å².